The van der Waals surface area contributed by atoms with Gasteiger partial charge in [-0.1, -0.05) is 34.8 Å². The molecule has 0 aliphatic heterocycles. The van der Waals surface area contributed by atoms with Gasteiger partial charge < -0.3 is 0 Å². The third-order valence-corrected chi connectivity index (χ3v) is 5.75. The van der Waals surface area contributed by atoms with Gasteiger partial charge in [0.05, 0.1) is 16.4 Å². The molecule has 0 aliphatic rings. The average molecular weight is 504 g/mol. The zero-order valence-corrected chi connectivity index (χ0v) is 18.7. The zero-order chi connectivity index (χ0) is 23.3. The molecule has 164 valence electrons. The molecule has 0 spiro atoms. The zero-order valence-electron chi connectivity index (χ0n) is 16.4. The van der Waals surface area contributed by atoms with Gasteiger partial charge in [0.2, 0.25) is 0 Å². The van der Waals surface area contributed by atoms with Crippen molar-refractivity contribution >= 4 is 46.0 Å². The first kappa shape index (κ1) is 21.6. The van der Waals surface area contributed by atoms with Gasteiger partial charge in [0, 0.05) is 21.7 Å². The minimum atomic E-state index is -0.776. The number of hydrogen-bond donors (Lipinski definition) is 0. The van der Waals surface area contributed by atoms with Crippen LogP contribution in [-0.4, -0.2) is 19.1 Å². The van der Waals surface area contributed by atoms with E-state index in [-0.39, 0.29) is 27.7 Å². The molecular formula is C23H11Cl3F2N4O. The van der Waals surface area contributed by atoms with Gasteiger partial charge >= 0.3 is 0 Å². The van der Waals surface area contributed by atoms with Crippen LogP contribution in [0, 0.1) is 11.6 Å². The maximum Gasteiger partial charge on any atom is 0.286 e. The van der Waals surface area contributed by atoms with Crippen molar-refractivity contribution in [2.75, 3.05) is 0 Å². The quantitative estimate of drug-likeness (QED) is 0.283. The predicted octanol–water partition coefficient (Wildman–Crippen LogP) is 6.48. The first-order valence-corrected chi connectivity index (χ1v) is 10.6. The molecule has 3 aromatic carbocycles. The number of aromatic nitrogens is 4. The summed E-state index contributed by atoms with van der Waals surface area (Å²) in [4.78, 5) is 22.4. The third-order valence-electron chi connectivity index (χ3n) is 4.95. The molecule has 2 heterocycles. The van der Waals surface area contributed by atoms with Crippen LogP contribution in [-0.2, 0) is 0 Å². The van der Waals surface area contributed by atoms with Crippen molar-refractivity contribution in [3.63, 3.8) is 0 Å². The average Bonchev–Trinajstić information content (AvgIpc) is 3.18. The van der Waals surface area contributed by atoms with E-state index in [1.54, 1.807) is 36.4 Å². The molecule has 0 radical (unpaired) electrons. The minimum Gasteiger partial charge on any atom is -0.283 e. The summed E-state index contributed by atoms with van der Waals surface area (Å²) >= 11 is 18.5. The summed E-state index contributed by atoms with van der Waals surface area (Å²) in [6, 6.07) is 14.3. The minimum absolute atomic E-state index is 0.00320. The van der Waals surface area contributed by atoms with Gasteiger partial charge in [-0.2, -0.15) is 0 Å². The second-order valence-electron chi connectivity index (χ2n) is 7.09. The van der Waals surface area contributed by atoms with E-state index in [9.17, 15) is 13.6 Å². The first-order valence-electron chi connectivity index (χ1n) is 9.50. The highest BCUT2D eigenvalue weighted by Gasteiger charge is 2.21. The SMILES string of the molecule is O=c1c2ncn(-c3cc(F)cc(F)c3)c2nc(-c2ccc(Cl)cc2Cl)n1-c1ccc(Cl)cc1. The Morgan fingerprint density at radius 2 is 1.45 bits per heavy atom. The van der Waals surface area contributed by atoms with Crippen LogP contribution in [0.5, 0.6) is 0 Å². The van der Waals surface area contributed by atoms with Crippen LogP contribution < -0.4 is 5.56 Å². The van der Waals surface area contributed by atoms with Gasteiger partial charge in [0.25, 0.3) is 5.56 Å². The highest BCUT2D eigenvalue weighted by atomic mass is 35.5. The number of nitrogens with zero attached hydrogens (tertiary/aromatic N) is 4. The van der Waals surface area contributed by atoms with Crippen LogP contribution in [0.15, 0.2) is 71.8 Å². The topological polar surface area (TPSA) is 52.7 Å². The molecule has 0 fully saturated rings. The number of halogens is 5. The maximum absolute atomic E-state index is 13.9. The molecule has 0 N–H and O–H groups in total. The fourth-order valence-electron chi connectivity index (χ4n) is 3.50. The van der Waals surface area contributed by atoms with Crippen LogP contribution >= 0.6 is 34.8 Å². The van der Waals surface area contributed by atoms with Gasteiger partial charge in [0.15, 0.2) is 17.0 Å². The smallest absolute Gasteiger partial charge is 0.283 e. The first-order chi connectivity index (χ1) is 15.8. The maximum atomic E-state index is 13.9. The lowest BCUT2D eigenvalue weighted by molar-refractivity contribution is 0.582. The Labute approximate surface area is 200 Å². The van der Waals surface area contributed by atoms with Gasteiger partial charge in [0.1, 0.15) is 18.0 Å². The summed E-state index contributed by atoms with van der Waals surface area (Å²) in [5.41, 5.74) is 0.636. The van der Waals surface area contributed by atoms with E-state index in [2.05, 4.69) is 9.97 Å². The Hall–Kier alpha value is -3.26. The molecule has 5 rings (SSSR count). The molecule has 5 nitrogen and oxygen atoms in total. The molecule has 10 heteroatoms. The van der Waals surface area contributed by atoms with Crippen molar-refractivity contribution in [1.29, 1.82) is 0 Å². The van der Waals surface area contributed by atoms with Crippen molar-refractivity contribution in [2.24, 2.45) is 0 Å². The van der Waals surface area contributed by atoms with Gasteiger partial charge in [-0.25, -0.2) is 18.7 Å². The van der Waals surface area contributed by atoms with Crippen molar-refractivity contribution in [3.05, 3.63) is 104 Å². The van der Waals surface area contributed by atoms with Gasteiger partial charge in [-0.3, -0.25) is 13.9 Å². The summed E-state index contributed by atoms with van der Waals surface area (Å²) in [5, 5.41) is 1.16. The van der Waals surface area contributed by atoms with Crippen LogP contribution in [0.2, 0.25) is 15.1 Å². The van der Waals surface area contributed by atoms with Gasteiger partial charge in [-0.05, 0) is 54.6 Å². The van der Waals surface area contributed by atoms with Crippen LogP contribution in [0.1, 0.15) is 0 Å². The number of benzene rings is 3. The van der Waals surface area contributed by atoms with E-state index in [0.29, 0.717) is 21.3 Å². The lowest BCUT2D eigenvalue weighted by Crippen LogP contribution is -2.22. The molecule has 5 aromatic rings. The Morgan fingerprint density at radius 3 is 2.12 bits per heavy atom. The summed E-state index contributed by atoms with van der Waals surface area (Å²) in [7, 11) is 0. The summed E-state index contributed by atoms with van der Waals surface area (Å²) in [5.74, 6) is -1.36. The third kappa shape index (κ3) is 3.88. The molecule has 0 unspecified atom stereocenters. The Kier molecular flexibility index (Phi) is 5.40. The Morgan fingerprint density at radius 1 is 0.788 bits per heavy atom. The summed E-state index contributed by atoms with van der Waals surface area (Å²) < 4.78 is 30.4. The molecular weight excluding hydrogens is 493 g/mol. The van der Waals surface area contributed by atoms with Crippen molar-refractivity contribution < 1.29 is 8.78 Å². The Balaban J connectivity index is 1.87. The molecule has 33 heavy (non-hydrogen) atoms. The lowest BCUT2D eigenvalue weighted by Gasteiger charge is -2.14. The van der Waals surface area contributed by atoms with E-state index in [1.807, 2.05) is 0 Å². The van der Waals surface area contributed by atoms with E-state index in [4.69, 9.17) is 34.8 Å². The number of fused-ring (bicyclic) bond motifs is 1. The number of hydrogen-bond acceptors (Lipinski definition) is 3. The van der Waals surface area contributed by atoms with Crippen LogP contribution in [0.3, 0.4) is 0 Å². The fraction of sp³-hybridized carbons (Fsp3) is 0. The number of imidazole rings is 1. The largest absolute Gasteiger partial charge is 0.286 e. The number of rotatable bonds is 3. The molecule has 0 bridgehead atoms. The highest BCUT2D eigenvalue weighted by molar-refractivity contribution is 6.36. The second-order valence-corrected chi connectivity index (χ2v) is 8.37. The predicted molar refractivity (Wildman–Crippen MR) is 125 cm³/mol. The molecule has 0 saturated heterocycles. The van der Waals surface area contributed by atoms with E-state index in [0.717, 1.165) is 18.2 Å². The fourth-order valence-corrected chi connectivity index (χ4v) is 4.12. The molecule has 0 aliphatic carbocycles. The van der Waals surface area contributed by atoms with Crippen molar-refractivity contribution in [1.82, 2.24) is 19.1 Å². The van der Waals surface area contributed by atoms with Crippen LogP contribution in [0.4, 0.5) is 8.78 Å². The second kappa shape index (κ2) is 8.26. The van der Waals surface area contributed by atoms with Gasteiger partial charge in [-0.15, -0.1) is 0 Å². The van der Waals surface area contributed by atoms with E-state index in [1.165, 1.54) is 21.5 Å². The van der Waals surface area contributed by atoms with Crippen molar-refractivity contribution in [2.45, 2.75) is 0 Å². The van der Waals surface area contributed by atoms with E-state index >= 15 is 0 Å². The summed E-state index contributed by atoms with van der Waals surface area (Å²) in [6.45, 7) is 0. The van der Waals surface area contributed by atoms with Crippen molar-refractivity contribution in [3.8, 4) is 22.8 Å². The van der Waals surface area contributed by atoms with Crippen LogP contribution in [0.25, 0.3) is 33.9 Å². The Bertz CT molecular complexity index is 1580. The highest BCUT2D eigenvalue weighted by Crippen LogP contribution is 2.31. The lowest BCUT2D eigenvalue weighted by atomic mass is 10.2. The molecule has 0 saturated carbocycles. The van der Waals surface area contributed by atoms with E-state index < -0.39 is 17.2 Å². The molecule has 2 aromatic heterocycles. The molecule has 0 atom stereocenters. The normalized spacial score (nSPS) is 11.3. The molecule has 0 amide bonds. The standard InChI is InChI=1S/C23H11Cl3F2N4O/c24-12-1-4-16(5-2-12)32-21(18-6-3-13(25)7-19(18)26)30-22-20(23(32)33)29-11-31(22)17-9-14(27)8-15(28)10-17/h1-11H. The monoisotopic (exact) mass is 502 g/mol. The summed E-state index contributed by atoms with van der Waals surface area (Å²) in [6.07, 6.45) is 1.28.